The molecule has 0 saturated heterocycles. The fourth-order valence-corrected chi connectivity index (χ4v) is 5.24. The molecule has 0 aliphatic rings. The van der Waals surface area contributed by atoms with Crippen molar-refractivity contribution in [1.82, 2.24) is 5.01 Å². The van der Waals surface area contributed by atoms with Crippen LogP contribution >= 0.6 is 0 Å². The fraction of sp³-hybridized carbons (Fsp3) is 0.889. The second kappa shape index (κ2) is 34.4. The number of allylic oxidation sites excluding steroid dienone is 4. The lowest BCUT2D eigenvalue weighted by Gasteiger charge is -2.15. The molecule has 0 aromatic carbocycles. The van der Waals surface area contributed by atoms with E-state index in [9.17, 15) is 0 Å². The molecule has 0 aromatic rings. The first-order chi connectivity index (χ1) is 18.8. The van der Waals surface area contributed by atoms with Gasteiger partial charge in [0.2, 0.25) is 0 Å². The standard InChI is InChI=1S/C36H72N2/c1-3-5-7-9-11-13-15-17-19-21-23-25-27-29-31-33-35-38(37)36-34-32-30-28-26-24-22-20-18-16-14-12-10-8-6-4-2/h17-20H,3-16,21-37H2,1-2H3/b19-17-,20-18-. The predicted octanol–water partition coefficient (Wildman–Crippen LogP) is 12.2. The van der Waals surface area contributed by atoms with Crippen LogP contribution in [0, 0.1) is 0 Å². The minimum absolute atomic E-state index is 1.08. The largest absolute Gasteiger partial charge is 0.269 e. The van der Waals surface area contributed by atoms with Crippen molar-refractivity contribution >= 4 is 0 Å². The molecule has 0 bridgehead atoms. The zero-order chi connectivity index (χ0) is 27.6. The van der Waals surface area contributed by atoms with Gasteiger partial charge in [-0.3, -0.25) is 5.84 Å². The normalized spacial score (nSPS) is 12.1. The van der Waals surface area contributed by atoms with Crippen LogP contribution in [-0.2, 0) is 0 Å². The minimum Gasteiger partial charge on any atom is -0.269 e. The van der Waals surface area contributed by atoms with Gasteiger partial charge in [-0.1, -0.05) is 154 Å². The van der Waals surface area contributed by atoms with Crippen LogP contribution in [0.1, 0.15) is 194 Å². The molecule has 0 atom stereocenters. The molecule has 0 amide bonds. The molecule has 0 aliphatic heterocycles. The molecule has 38 heavy (non-hydrogen) atoms. The molecule has 0 aliphatic carbocycles. The number of nitrogens with zero attached hydrogens (tertiary/aromatic N) is 1. The van der Waals surface area contributed by atoms with E-state index in [2.05, 4.69) is 43.2 Å². The molecular formula is C36H72N2. The Bertz CT molecular complexity index is 428. The van der Waals surface area contributed by atoms with Crippen molar-refractivity contribution in [3.05, 3.63) is 24.3 Å². The lowest BCUT2D eigenvalue weighted by molar-refractivity contribution is 0.268. The summed E-state index contributed by atoms with van der Waals surface area (Å²) >= 11 is 0. The Morgan fingerprint density at radius 2 is 0.579 bits per heavy atom. The maximum atomic E-state index is 6.21. The smallest absolute Gasteiger partial charge is 0.0128 e. The van der Waals surface area contributed by atoms with Gasteiger partial charge in [0, 0.05) is 13.1 Å². The van der Waals surface area contributed by atoms with Gasteiger partial charge in [0.15, 0.2) is 0 Å². The van der Waals surface area contributed by atoms with E-state index in [1.807, 2.05) is 0 Å². The van der Waals surface area contributed by atoms with Crippen LogP contribution < -0.4 is 5.84 Å². The molecule has 0 saturated carbocycles. The first-order valence-corrected chi connectivity index (χ1v) is 17.6. The monoisotopic (exact) mass is 533 g/mol. The fourth-order valence-electron chi connectivity index (χ4n) is 5.24. The van der Waals surface area contributed by atoms with Crippen molar-refractivity contribution in [3.63, 3.8) is 0 Å². The van der Waals surface area contributed by atoms with Gasteiger partial charge < -0.3 is 0 Å². The number of hydrogen-bond donors (Lipinski definition) is 1. The third-order valence-electron chi connectivity index (χ3n) is 7.91. The Morgan fingerprint density at radius 3 is 0.868 bits per heavy atom. The van der Waals surface area contributed by atoms with E-state index in [1.54, 1.807) is 0 Å². The Kier molecular flexibility index (Phi) is 33.9. The maximum Gasteiger partial charge on any atom is 0.0128 e. The molecule has 0 rings (SSSR count). The van der Waals surface area contributed by atoms with Gasteiger partial charge in [-0.15, -0.1) is 0 Å². The highest BCUT2D eigenvalue weighted by Gasteiger charge is 1.99. The number of hydrogen-bond acceptors (Lipinski definition) is 2. The highest BCUT2D eigenvalue weighted by molar-refractivity contribution is 4.82. The molecule has 0 radical (unpaired) electrons. The quantitative estimate of drug-likeness (QED) is 0.0404. The zero-order valence-corrected chi connectivity index (χ0v) is 26.5. The molecule has 0 spiro atoms. The van der Waals surface area contributed by atoms with Crippen molar-refractivity contribution in [1.29, 1.82) is 0 Å². The number of hydrazine groups is 1. The van der Waals surface area contributed by atoms with Crippen LogP contribution in [-0.4, -0.2) is 18.1 Å². The molecule has 2 nitrogen and oxygen atoms in total. The van der Waals surface area contributed by atoms with E-state index in [4.69, 9.17) is 5.84 Å². The van der Waals surface area contributed by atoms with Crippen LogP contribution in [0.2, 0.25) is 0 Å². The Hall–Kier alpha value is -0.600. The van der Waals surface area contributed by atoms with Crippen LogP contribution in [0.25, 0.3) is 0 Å². The molecule has 0 unspecified atom stereocenters. The van der Waals surface area contributed by atoms with E-state index >= 15 is 0 Å². The van der Waals surface area contributed by atoms with E-state index in [0.717, 1.165) is 13.1 Å². The lowest BCUT2D eigenvalue weighted by Crippen LogP contribution is -2.32. The third-order valence-corrected chi connectivity index (χ3v) is 7.91. The summed E-state index contributed by atoms with van der Waals surface area (Å²) in [6.07, 6.45) is 48.0. The first-order valence-electron chi connectivity index (χ1n) is 17.6. The summed E-state index contributed by atoms with van der Waals surface area (Å²) in [5.41, 5.74) is 0. The van der Waals surface area contributed by atoms with Crippen molar-refractivity contribution in [2.75, 3.05) is 13.1 Å². The average molecular weight is 533 g/mol. The Labute approximate surface area is 241 Å². The molecule has 0 fully saturated rings. The molecule has 226 valence electrons. The van der Waals surface area contributed by atoms with Crippen molar-refractivity contribution in [2.24, 2.45) is 5.84 Å². The maximum absolute atomic E-state index is 6.21. The van der Waals surface area contributed by atoms with Gasteiger partial charge in [-0.25, -0.2) is 5.01 Å². The highest BCUT2D eigenvalue weighted by atomic mass is 15.4. The minimum atomic E-state index is 1.08. The summed E-state index contributed by atoms with van der Waals surface area (Å²) in [5.74, 6) is 6.21. The van der Waals surface area contributed by atoms with Crippen molar-refractivity contribution < 1.29 is 0 Å². The first kappa shape index (κ1) is 37.4. The molecule has 2 N–H and O–H groups in total. The van der Waals surface area contributed by atoms with E-state index in [1.165, 1.54) is 180 Å². The van der Waals surface area contributed by atoms with E-state index in [0.29, 0.717) is 0 Å². The second-order valence-corrected chi connectivity index (χ2v) is 11.9. The van der Waals surface area contributed by atoms with Crippen LogP contribution in [0.15, 0.2) is 24.3 Å². The van der Waals surface area contributed by atoms with Gasteiger partial charge in [-0.05, 0) is 64.2 Å². The van der Waals surface area contributed by atoms with Gasteiger partial charge in [0.1, 0.15) is 0 Å². The average Bonchev–Trinajstić information content (AvgIpc) is 2.92. The van der Waals surface area contributed by atoms with Crippen molar-refractivity contribution in [2.45, 2.75) is 194 Å². The van der Waals surface area contributed by atoms with E-state index in [-0.39, 0.29) is 0 Å². The summed E-state index contributed by atoms with van der Waals surface area (Å²) in [5, 5.41) is 2.07. The number of nitrogens with two attached hydrogens (primary N) is 1. The molecular weight excluding hydrogens is 460 g/mol. The third kappa shape index (κ3) is 33.4. The molecule has 2 heteroatoms. The van der Waals surface area contributed by atoms with Crippen LogP contribution in [0.5, 0.6) is 0 Å². The summed E-state index contributed by atoms with van der Waals surface area (Å²) in [7, 11) is 0. The second-order valence-electron chi connectivity index (χ2n) is 11.9. The molecule has 0 aromatic heterocycles. The van der Waals surface area contributed by atoms with Crippen LogP contribution in [0.3, 0.4) is 0 Å². The van der Waals surface area contributed by atoms with E-state index < -0.39 is 0 Å². The predicted molar refractivity (Wildman–Crippen MR) is 175 cm³/mol. The number of rotatable bonds is 32. The van der Waals surface area contributed by atoms with Gasteiger partial charge in [-0.2, -0.15) is 0 Å². The van der Waals surface area contributed by atoms with Gasteiger partial charge in [0.25, 0.3) is 0 Å². The lowest BCUT2D eigenvalue weighted by atomic mass is 10.1. The topological polar surface area (TPSA) is 29.3 Å². The number of unbranched alkanes of at least 4 members (excludes halogenated alkanes) is 24. The van der Waals surface area contributed by atoms with Crippen molar-refractivity contribution in [3.8, 4) is 0 Å². The molecule has 0 heterocycles. The van der Waals surface area contributed by atoms with Gasteiger partial charge >= 0.3 is 0 Å². The summed E-state index contributed by atoms with van der Waals surface area (Å²) in [6.45, 7) is 6.73. The zero-order valence-electron chi connectivity index (χ0n) is 26.5. The Morgan fingerprint density at radius 1 is 0.342 bits per heavy atom. The van der Waals surface area contributed by atoms with Gasteiger partial charge in [0.05, 0.1) is 0 Å². The SMILES string of the molecule is CCCCCCCC/C=C\CCCCCCCCN(N)CCCCCCCC/C=C\CCCCCCCC. The van der Waals surface area contributed by atoms with Crippen LogP contribution in [0.4, 0.5) is 0 Å². The summed E-state index contributed by atoms with van der Waals surface area (Å²) in [4.78, 5) is 0. The summed E-state index contributed by atoms with van der Waals surface area (Å²) in [6, 6.07) is 0. The highest BCUT2D eigenvalue weighted by Crippen LogP contribution is 2.12. The summed E-state index contributed by atoms with van der Waals surface area (Å²) < 4.78 is 0. The Balaban J connectivity index is 3.22.